The predicted molar refractivity (Wildman–Crippen MR) is 125 cm³/mol. The highest BCUT2D eigenvalue weighted by Crippen LogP contribution is 2.40. The lowest BCUT2D eigenvalue weighted by molar-refractivity contribution is 0.731. The van der Waals surface area contributed by atoms with Gasteiger partial charge in [-0.25, -0.2) is 15.0 Å². The summed E-state index contributed by atoms with van der Waals surface area (Å²) in [5.41, 5.74) is 12.8. The molecule has 0 aliphatic heterocycles. The van der Waals surface area contributed by atoms with Crippen LogP contribution in [0.3, 0.4) is 0 Å². The Hall–Kier alpha value is -1.82. The molecule has 0 aliphatic carbocycles. The van der Waals surface area contributed by atoms with Gasteiger partial charge in [-0.1, -0.05) is 39.8 Å². The van der Waals surface area contributed by atoms with Crippen LogP contribution >= 0.6 is 28.6 Å². The maximum absolute atomic E-state index is 6.05. The Kier molecular flexibility index (Phi) is 5.38. The zero-order chi connectivity index (χ0) is 20.9. The third kappa shape index (κ3) is 3.59. The minimum atomic E-state index is -1.70. The maximum Gasteiger partial charge on any atom is 0.146 e. The van der Waals surface area contributed by atoms with E-state index in [1.165, 1.54) is 6.33 Å². The Morgan fingerprint density at radius 1 is 1.21 bits per heavy atom. The number of aromatic nitrogens is 4. The molecule has 0 saturated carbocycles. The Morgan fingerprint density at radius 2 is 1.89 bits per heavy atom. The van der Waals surface area contributed by atoms with E-state index in [9.17, 15) is 0 Å². The van der Waals surface area contributed by atoms with Crippen LogP contribution in [0.1, 0.15) is 26.5 Å². The van der Waals surface area contributed by atoms with Crippen molar-refractivity contribution < 1.29 is 0 Å². The number of aryl methyl sites for hydroxylation is 1. The van der Waals surface area contributed by atoms with E-state index in [2.05, 4.69) is 76.2 Å². The minimum Gasteiger partial charge on any atom is -0.383 e. The number of fused-ring (bicyclic) bond motifs is 1. The van der Waals surface area contributed by atoms with Crippen LogP contribution in [0.5, 0.6) is 0 Å². The molecule has 0 bridgehead atoms. The molecule has 0 radical (unpaired) electrons. The van der Waals surface area contributed by atoms with Gasteiger partial charge in [0.2, 0.25) is 0 Å². The Morgan fingerprint density at radius 3 is 2.46 bits per heavy atom. The summed E-state index contributed by atoms with van der Waals surface area (Å²) in [7, 11) is 0.242. The van der Waals surface area contributed by atoms with Crippen molar-refractivity contribution in [2.45, 2.75) is 43.8 Å². The summed E-state index contributed by atoms with van der Waals surface area (Å²) >= 11 is 8.36. The van der Waals surface area contributed by atoms with Crippen molar-refractivity contribution in [2.75, 3.05) is 5.73 Å². The zero-order valence-electron chi connectivity index (χ0n) is 16.9. The van der Waals surface area contributed by atoms with Crippen molar-refractivity contribution in [1.82, 2.24) is 19.5 Å². The first-order valence-corrected chi connectivity index (χ1v) is 13.1. The molecule has 0 saturated heterocycles. The average Bonchev–Trinajstić information content (AvgIpc) is 2.85. The van der Waals surface area contributed by atoms with Crippen LogP contribution in [-0.2, 0) is 7.05 Å². The van der Waals surface area contributed by atoms with Crippen molar-refractivity contribution in [2.24, 2.45) is 7.05 Å². The molecule has 0 aromatic carbocycles. The second-order valence-corrected chi connectivity index (χ2v) is 14.7. The molecular formula is C20H24BrN5SSi. The van der Waals surface area contributed by atoms with Crippen LogP contribution in [0, 0.1) is 11.5 Å². The van der Waals surface area contributed by atoms with Gasteiger partial charge in [-0.3, -0.25) is 0 Å². The summed E-state index contributed by atoms with van der Waals surface area (Å²) in [4.78, 5) is 13.8. The lowest BCUT2D eigenvalue weighted by Crippen LogP contribution is -2.35. The van der Waals surface area contributed by atoms with Gasteiger partial charge in [-0.2, -0.15) is 0 Å². The zero-order valence-corrected chi connectivity index (χ0v) is 20.4. The first-order chi connectivity index (χ1) is 12.9. The number of hydrogen-bond acceptors (Lipinski definition) is 5. The topological polar surface area (TPSA) is 69.6 Å². The fraction of sp³-hybridized carbons (Fsp3) is 0.350. The lowest BCUT2D eigenvalue weighted by Gasteiger charge is -2.31. The largest absolute Gasteiger partial charge is 0.383 e. The van der Waals surface area contributed by atoms with Crippen LogP contribution < -0.4 is 5.73 Å². The van der Waals surface area contributed by atoms with Gasteiger partial charge in [-0.15, -0.1) is 18.2 Å². The predicted octanol–water partition coefficient (Wildman–Crippen LogP) is 5.06. The van der Waals surface area contributed by atoms with E-state index in [4.69, 9.17) is 18.4 Å². The van der Waals surface area contributed by atoms with Gasteiger partial charge in [0, 0.05) is 23.7 Å². The van der Waals surface area contributed by atoms with Crippen LogP contribution in [0.4, 0.5) is 5.82 Å². The third-order valence-corrected chi connectivity index (χ3v) is 11.1. The highest BCUT2D eigenvalue weighted by molar-refractivity contribution is 9.10. The average molecular weight is 475 g/mol. The molecule has 3 heterocycles. The van der Waals surface area contributed by atoms with Gasteiger partial charge in [0.1, 0.15) is 31.6 Å². The molecule has 0 spiro atoms. The van der Waals surface area contributed by atoms with Crippen molar-refractivity contribution >= 4 is 53.5 Å². The molecule has 0 aliphatic rings. The molecular weight excluding hydrogens is 450 g/mol. The second kappa shape index (κ2) is 7.21. The quantitative estimate of drug-likeness (QED) is 0.294. The maximum atomic E-state index is 6.05. The van der Waals surface area contributed by atoms with E-state index < -0.39 is 8.07 Å². The standard InChI is InChI=1S/C20H24BrN5SSi/c1-20(2,3)28(5,6)8-7-12-9-14(27)13(10-23-12)17-16(21)15-18(22)24-11-25-19(15)26(17)4/h9-11H,1-6H3,(H,23,27)(H2,22,24,25). The molecule has 8 heteroatoms. The first-order valence-electron chi connectivity index (χ1n) is 8.91. The summed E-state index contributed by atoms with van der Waals surface area (Å²) in [6.45, 7) is 11.3. The van der Waals surface area contributed by atoms with Gasteiger partial charge in [-0.05, 0) is 27.0 Å². The van der Waals surface area contributed by atoms with E-state index in [1.807, 2.05) is 17.7 Å². The number of nitrogens with zero attached hydrogens (tertiary/aromatic N) is 4. The van der Waals surface area contributed by atoms with E-state index in [1.54, 1.807) is 6.20 Å². The highest BCUT2D eigenvalue weighted by Gasteiger charge is 2.33. The Labute approximate surface area is 180 Å². The molecule has 146 valence electrons. The van der Waals surface area contributed by atoms with Gasteiger partial charge in [0.25, 0.3) is 0 Å². The number of nitrogens with two attached hydrogens (primary N) is 1. The monoisotopic (exact) mass is 473 g/mol. The van der Waals surface area contributed by atoms with Crippen molar-refractivity contribution in [1.29, 1.82) is 0 Å². The van der Waals surface area contributed by atoms with Crippen molar-refractivity contribution in [3.63, 3.8) is 0 Å². The second-order valence-electron chi connectivity index (χ2n) is 8.39. The molecule has 28 heavy (non-hydrogen) atoms. The van der Waals surface area contributed by atoms with Gasteiger partial charge < -0.3 is 10.3 Å². The molecule has 0 fully saturated rings. The summed E-state index contributed by atoms with van der Waals surface area (Å²) < 4.78 is 2.80. The number of nitrogen functional groups attached to an aromatic ring is 1. The molecule has 3 rings (SSSR count). The van der Waals surface area contributed by atoms with Crippen LogP contribution in [-0.4, -0.2) is 27.6 Å². The summed E-state index contributed by atoms with van der Waals surface area (Å²) in [6, 6.07) is 1.91. The fourth-order valence-corrected chi connectivity index (χ4v) is 4.59. The smallest absolute Gasteiger partial charge is 0.146 e. The van der Waals surface area contributed by atoms with Crippen LogP contribution in [0.25, 0.3) is 22.3 Å². The molecule has 3 aromatic heterocycles. The Bertz CT molecular complexity index is 1140. The lowest BCUT2D eigenvalue weighted by atomic mass is 10.2. The highest BCUT2D eigenvalue weighted by atomic mass is 79.9. The third-order valence-electron chi connectivity index (χ3n) is 5.45. The normalized spacial score (nSPS) is 12.1. The first kappa shape index (κ1) is 20.9. The van der Waals surface area contributed by atoms with Gasteiger partial charge >= 0.3 is 0 Å². The van der Waals surface area contributed by atoms with E-state index in [-0.39, 0.29) is 5.04 Å². The molecule has 5 nitrogen and oxygen atoms in total. The number of halogens is 1. The van der Waals surface area contributed by atoms with Crippen molar-refractivity contribution in [3.8, 4) is 22.7 Å². The SMILES string of the molecule is Cn1c(-c2cnc(C#C[Si](C)(C)C(C)(C)C)cc2S)c(Br)c2c(N)ncnc21. The fourth-order valence-electron chi connectivity index (χ4n) is 2.63. The van der Waals surface area contributed by atoms with Gasteiger partial charge in [0.15, 0.2) is 0 Å². The summed E-state index contributed by atoms with van der Waals surface area (Å²) in [5, 5.41) is 0.994. The Balaban J connectivity index is 2.09. The van der Waals surface area contributed by atoms with Crippen LogP contribution in [0.2, 0.25) is 18.1 Å². The van der Waals surface area contributed by atoms with Gasteiger partial charge in [0.05, 0.1) is 15.6 Å². The molecule has 0 atom stereocenters. The number of pyridine rings is 1. The molecule has 2 N–H and O–H groups in total. The minimum absolute atomic E-state index is 0.207. The van der Waals surface area contributed by atoms with Crippen LogP contribution in [0.15, 0.2) is 28.0 Å². The van der Waals surface area contributed by atoms with E-state index >= 15 is 0 Å². The summed E-state index contributed by atoms with van der Waals surface area (Å²) in [5.74, 6) is 3.70. The molecule has 0 unspecified atom stereocenters. The molecule has 3 aromatic rings. The molecule has 0 amide bonds. The van der Waals surface area contributed by atoms with E-state index in [0.29, 0.717) is 5.82 Å². The van der Waals surface area contributed by atoms with E-state index in [0.717, 1.165) is 37.4 Å². The summed E-state index contributed by atoms with van der Waals surface area (Å²) in [6.07, 6.45) is 3.27. The number of thiol groups is 1. The number of anilines is 1. The number of hydrogen-bond donors (Lipinski definition) is 2. The van der Waals surface area contributed by atoms with Crippen molar-refractivity contribution in [3.05, 3.63) is 28.8 Å². The number of rotatable bonds is 1.